The van der Waals surface area contributed by atoms with Crippen LogP contribution in [-0.2, 0) is 0 Å². The molecule has 1 fully saturated rings. The zero-order valence-electron chi connectivity index (χ0n) is 21.8. The summed E-state index contributed by atoms with van der Waals surface area (Å²) >= 11 is 0. The van der Waals surface area contributed by atoms with Crippen LogP contribution < -0.4 is 14.2 Å². The van der Waals surface area contributed by atoms with Gasteiger partial charge in [0.15, 0.2) is 11.5 Å². The lowest BCUT2D eigenvalue weighted by Gasteiger charge is -2.36. The molecule has 0 saturated carbocycles. The molecule has 2 heterocycles. The van der Waals surface area contributed by atoms with Crippen molar-refractivity contribution in [3.63, 3.8) is 0 Å². The molecule has 2 amide bonds. The molecule has 0 bridgehead atoms. The van der Waals surface area contributed by atoms with Crippen LogP contribution in [0.15, 0.2) is 54.6 Å². The summed E-state index contributed by atoms with van der Waals surface area (Å²) in [6.07, 6.45) is -0.678. The summed E-state index contributed by atoms with van der Waals surface area (Å²) in [5.41, 5.74) is 1.17. The monoisotopic (exact) mass is 519 g/mol. The number of ether oxygens (including phenoxy) is 3. The Morgan fingerprint density at radius 2 is 1.34 bits per heavy atom. The first-order chi connectivity index (χ1) is 18.5. The summed E-state index contributed by atoms with van der Waals surface area (Å²) in [5.74, 6) is 1.12. The number of aliphatic hydroxyl groups is 1. The molecule has 200 valence electrons. The van der Waals surface area contributed by atoms with Crippen molar-refractivity contribution in [2.45, 2.75) is 6.10 Å². The van der Waals surface area contributed by atoms with Gasteiger partial charge in [-0.05, 0) is 29.7 Å². The van der Waals surface area contributed by atoms with E-state index in [2.05, 4.69) is 9.80 Å². The van der Waals surface area contributed by atoms with Crippen molar-refractivity contribution in [1.82, 2.24) is 14.7 Å². The smallest absolute Gasteiger partial charge is 0.261 e. The number of amides is 2. The highest BCUT2D eigenvalue weighted by Crippen LogP contribution is 2.36. The Balaban J connectivity index is 1.10. The van der Waals surface area contributed by atoms with E-state index in [9.17, 15) is 14.7 Å². The van der Waals surface area contributed by atoms with Crippen LogP contribution in [0.5, 0.6) is 17.2 Å². The predicted molar refractivity (Wildman–Crippen MR) is 143 cm³/mol. The summed E-state index contributed by atoms with van der Waals surface area (Å²) in [5, 5.41) is 12.2. The van der Waals surface area contributed by atoms with Crippen molar-refractivity contribution < 1.29 is 28.9 Å². The molecule has 9 nitrogen and oxygen atoms in total. The second-order valence-electron chi connectivity index (χ2n) is 9.57. The van der Waals surface area contributed by atoms with E-state index >= 15 is 0 Å². The number of hydrogen-bond donors (Lipinski definition) is 1. The van der Waals surface area contributed by atoms with Crippen molar-refractivity contribution in [2.75, 3.05) is 66.6 Å². The largest absolute Gasteiger partial charge is 0.493 e. The van der Waals surface area contributed by atoms with E-state index in [1.165, 1.54) is 4.90 Å². The number of nitrogens with zero attached hydrogens (tertiary/aromatic N) is 3. The normalized spacial score (nSPS) is 17.1. The zero-order valence-corrected chi connectivity index (χ0v) is 21.8. The number of carbonyl (C=O) groups excluding carboxylic acids is 2. The number of imide groups is 1. The molecule has 0 aliphatic carbocycles. The molecule has 1 unspecified atom stereocenters. The molecule has 38 heavy (non-hydrogen) atoms. The number of rotatable bonds is 10. The zero-order chi connectivity index (χ0) is 26.6. The Kier molecular flexibility index (Phi) is 7.78. The van der Waals surface area contributed by atoms with Gasteiger partial charge >= 0.3 is 0 Å². The standard InChI is InChI=1S/C29H33N3O6/c1-36-24-10-5-11-25(37-2)27(24)38-19-21(33)18-31-14-12-30(13-15-31)16-17-32-28(34)22-8-3-6-20-7-4-9-23(26(20)22)29(32)35/h3-11,21,33H,12-19H2,1-2H3. The van der Waals surface area contributed by atoms with Crippen molar-refractivity contribution in [3.05, 3.63) is 65.7 Å². The number of aliphatic hydroxyl groups excluding tert-OH is 1. The van der Waals surface area contributed by atoms with Gasteiger partial charge in [-0.3, -0.25) is 24.3 Å². The third kappa shape index (κ3) is 5.18. The Labute approximate surface area is 222 Å². The van der Waals surface area contributed by atoms with E-state index in [-0.39, 0.29) is 18.4 Å². The summed E-state index contributed by atoms with van der Waals surface area (Å²) in [6.45, 7) is 4.69. The molecule has 2 aliphatic heterocycles. The van der Waals surface area contributed by atoms with E-state index in [1.54, 1.807) is 38.5 Å². The summed E-state index contributed by atoms with van der Waals surface area (Å²) in [4.78, 5) is 32.1. The van der Waals surface area contributed by atoms with Crippen LogP contribution >= 0.6 is 0 Å². The van der Waals surface area contributed by atoms with Crippen LogP contribution in [0.3, 0.4) is 0 Å². The van der Waals surface area contributed by atoms with Crippen molar-refractivity contribution >= 4 is 22.6 Å². The number of β-amino-alcohol motifs (C(OH)–C–C–N with tert-alkyl or cyclic N) is 1. The molecule has 2 aliphatic rings. The minimum atomic E-state index is -0.678. The molecular formula is C29H33N3O6. The van der Waals surface area contributed by atoms with E-state index in [0.29, 0.717) is 48.0 Å². The Morgan fingerprint density at radius 1 is 0.789 bits per heavy atom. The fourth-order valence-corrected chi connectivity index (χ4v) is 5.21. The van der Waals surface area contributed by atoms with E-state index in [0.717, 1.165) is 37.0 Å². The highest BCUT2D eigenvalue weighted by molar-refractivity contribution is 6.25. The Hall–Kier alpha value is -3.66. The van der Waals surface area contributed by atoms with E-state index in [4.69, 9.17) is 14.2 Å². The van der Waals surface area contributed by atoms with Gasteiger partial charge < -0.3 is 19.3 Å². The third-order valence-corrected chi connectivity index (χ3v) is 7.23. The minimum Gasteiger partial charge on any atom is -0.493 e. The first kappa shape index (κ1) is 26.0. The maximum absolute atomic E-state index is 13.1. The van der Waals surface area contributed by atoms with Gasteiger partial charge in [0, 0.05) is 62.3 Å². The molecule has 5 rings (SSSR count). The lowest BCUT2D eigenvalue weighted by atomic mass is 9.94. The van der Waals surface area contributed by atoms with E-state index < -0.39 is 6.10 Å². The Bertz CT molecular complexity index is 1250. The molecule has 9 heteroatoms. The van der Waals surface area contributed by atoms with Crippen molar-refractivity contribution in [2.24, 2.45) is 0 Å². The van der Waals surface area contributed by atoms with Crippen LogP contribution in [0, 0.1) is 0 Å². The molecule has 1 N–H and O–H groups in total. The van der Waals surface area contributed by atoms with Gasteiger partial charge in [0.25, 0.3) is 11.8 Å². The minimum absolute atomic E-state index is 0.115. The van der Waals surface area contributed by atoms with Gasteiger partial charge in [0.1, 0.15) is 12.7 Å². The van der Waals surface area contributed by atoms with Crippen LogP contribution in [0.1, 0.15) is 20.7 Å². The molecule has 3 aromatic carbocycles. The van der Waals surface area contributed by atoms with Gasteiger partial charge in [0.05, 0.1) is 14.2 Å². The van der Waals surface area contributed by atoms with Crippen LogP contribution in [-0.4, -0.2) is 104 Å². The quantitative estimate of drug-likeness (QED) is 0.409. The van der Waals surface area contributed by atoms with Crippen LogP contribution in [0.4, 0.5) is 0 Å². The van der Waals surface area contributed by atoms with Gasteiger partial charge in [-0.2, -0.15) is 0 Å². The average molecular weight is 520 g/mol. The number of piperazine rings is 1. The highest BCUT2D eigenvalue weighted by atomic mass is 16.5. The van der Waals surface area contributed by atoms with Gasteiger partial charge in [0.2, 0.25) is 5.75 Å². The number of carbonyl (C=O) groups is 2. The number of benzene rings is 3. The highest BCUT2D eigenvalue weighted by Gasteiger charge is 2.33. The van der Waals surface area contributed by atoms with Gasteiger partial charge in [-0.15, -0.1) is 0 Å². The van der Waals surface area contributed by atoms with Gasteiger partial charge in [-0.25, -0.2) is 0 Å². The lowest BCUT2D eigenvalue weighted by Crippen LogP contribution is -2.51. The van der Waals surface area contributed by atoms with E-state index in [1.807, 2.05) is 30.3 Å². The van der Waals surface area contributed by atoms with Crippen LogP contribution in [0.25, 0.3) is 10.8 Å². The third-order valence-electron chi connectivity index (χ3n) is 7.23. The van der Waals surface area contributed by atoms with Gasteiger partial charge in [-0.1, -0.05) is 30.3 Å². The molecule has 1 atom stereocenters. The Morgan fingerprint density at radius 3 is 1.92 bits per heavy atom. The topological polar surface area (TPSA) is 91.8 Å². The summed E-state index contributed by atoms with van der Waals surface area (Å²) in [6, 6.07) is 16.6. The van der Waals surface area contributed by atoms with Crippen molar-refractivity contribution in [3.8, 4) is 17.2 Å². The maximum atomic E-state index is 13.1. The number of methoxy groups -OCH3 is 2. The second-order valence-corrected chi connectivity index (χ2v) is 9.57. The first-order valence-electron chi connectivity index (χ1n) is 12.8. The first-order valence-corrected chi connectivity index (χ1v) is 12.8. The fourth-order valence-electron chi connectivity index (χ4n) is 5.21. The van der Waals surface area contributed by atoms with Crippen molar-refractivity contribution in [1.29, 1.82) is 0 Å². The number of para-hydroxylation sites is 1. The molecular weight excluding hydrogens is 486 g/mol. The molecule has 1 saturated heterocycles. The fraction of sp³-hybridized carbons (Fsp3) is 0.379. The maximum Gasteiger partial charge on any atom is 0.261 e. The molecule has 0 radical (unpaired) electrons. The second kappa shape index (κ2) is 11.4. The lowest BCUT2D eigenvalue weighted by molar-refractivity contribution is 0.0406. The van der Waals surface area contributed by atoms with Crippen LogP contribution in [0.2, 0.25) is 0 Å². The molecule has 3 aromatic rings. The predicted octanol–water partition coefficient (Wildman–Crippen LogP) is 2.51. The number of hydrogen-bond acceptors (Lipinski definition) is 8. The summed E-state index contributed by atoms with van der Waals surface area (Å²) < 4.78 is 16.5. The molecule has 0 spiro atoms. The SMILES string of the molecule is COc1cccc(OC)c1OCC(O)CN1CCN(CCN2C(=O)c3cccc4cccc(c34)C2=O)CC1. The molecule has 0 aromatic heterocycles. The average Bonchev–Trinajstić information content (AvgIpc) is 2.95. The summed E-state index contributed by atoms with van der Waals surface area (Å²) in [7, 11) is 3.13.